The molecule has 2 aliphatic heterocycles. The number of Topliss-reactive ketones (excluding diaryl/α,β-unsaturated/α-hetero) is 1. The number of ether oxygens (including phenoxy) is 2. The summed E-state index contributed by atoms with van der Waals surface area (Å²) in [6.07, 6.45) is 1.36. The van der Waals surface area contributed by atoms with Crippen molar-refractivity contribution in [2.75, 3.05) is 18.5 Å². The highest BCUT2D eigenvalue weighted by atomic mass is 16.6. The summed E-state index contributed by atoms with van der Waals surface area (Å²) in [7, 11) is 0. The van der Waals surface area contributed by atoms with Crippen LogP contribution in [0.15, 0.2) is 53.7 Å². The molecule has 1 unspecified atom stereocenters. The zero-order chi connectivity index (χ0) is 20.5. The Bertz CT molecular complexity index is 1240. The maximum absolute atomic E-state index is 13.4. The number of fused-ring (bicyclic) bond motifs is 4. The molecule has 0 amide bonds. The number of aromatic nitrogens is 2. The molecule has 1 aliphatic carbocycles. The lowest BCUT2D eigenvalue weighted by Crippen LogP contribution is -2.36. The van der Waals surface area contributed by atoms with E-state index >= 15 is 0 Å². The van der Waals surface area contributed by atoms with Gasteiger partial charge in [0.25, 0.3) is 0 Å². The van der Waals surface area contributed by atoms with Crippen LogP contribution in [0.5, 0.6) is 11.5 Å². The Hall–Kier alpha value is -3.28. The first kappa shape index (κ1) is 17.6. The first-order valence-corrected chi connectivity index (χ1v) is 10.4. The van der Waals surface area contributed by atoms with E-state index in [-0.39, 0.29) is 17.2 Å². The van der Waals surface area contributed by atoms with Gasteiger partial charge in [-0.15, -0.1) is 0 Å². The summed E-state index contributed by atoms with van der Waals surface area (Å²) in [6, 6.07) is 13.8. The van der Waals surface area contributed by atoms with Crippen molar-refractivity contribution in [2.45, 2.75) is 32.7 Å². The molecule has 6 nitrogen and oxygen atoms in total. The molecule has 0 saturated carbocycles. The van der Waals surface area contributed by atoms with Gasteiger partial charge >= 0.3 is 0 Å². The third-order valence-electron chi connectivity index (χ3n) is 6.19. The van der Waals surface area contributed by atoms with Gasteiger partial charge in [0.2, 0.25) is 5.95 Å². The molecule has 152 valence electrons. The molecule has 1 N–H and O–H groups in total. The van der Waals surface area contributed by atoms with E-state index in [1.54, 1.807) is 0 Å². The first-order valence-electron chi connectivity index (χ1n) is 10.4. The Balaban J connectivity index is 1.60. The molecule has 0 bridgehead atoms. The van der Waals surface area contributed by atoms with Crippen molar-refractivity contribution in [1.29, 1.82) is 0 Å². The van der Waals surface area contributed by atoms with E-state index in [4.69, 9.17) is 14.5 Å². The van der Waals surface area contributed by atoms with Crippen LogP contribution in [0.1, 0.15) is 38.3 Å². The van der Waals surface area contributed by atoms with Crippen LogP contribution < -0.4 is 14.8 Å². The number of carbonyl (C=O) groups excluding carboxylic acids is 1. The van der Waals surface area contributed by atoms with Gasteiger partial charge in [-0.25, -0.2) is 4.98 Å². The zero-order valence-corrected chi connectivity index (χ0v) is 17.1. The number of anilines is 1. The molecule has 3 aromatic rings. The van der Waals surface area contributed by atoms with Crippen molar-refractivity contribution in [1.82, 2.24) is 9.55 Å². The van der Waals surface area contributed by atoms with Gasteiger partial charge < -0.3 is 14.8 Å². The summed E-state index contributed by atoms with van der Waals surface area (Å²) in [4.78, 5) is 18.2. The molecule has 30 heavy (non-hydrogen) atoms. The maximum Gasteiger partial charge on any atom is 0.209 e. The molecule has 0 saturated heterocycles. The van der Waals surface area contributed by atoms with Crippen molar-refractivity contribution < 1.29 is 14.3 Å². The number of imidazole rings is 1. The van der Waals surface area contributed by atoms with E-state index in [0.717, 1.165) is 51.7 Å². The number of allylic oxidation sites excluding steroid dienone is 2. The summed E-state index contributed by atoms with van der Waals surface area (Å²) in [5.41, 5.74) is 4.67. The minimum Gasteiger partial charge on any atom is -0.486 e. The van der Waals surface area contributed by atoms with Gasteiger partial charge in [0.1, 0.15) is 13.2 Å². The zero-order valence-electron chi connectivity index (χ0n) is 17.1. The fraction of sp³-hybridized carbons (Fsp3) is 0.333. The summed E-state index contributed by atoms with van der Waals surface area (Å²) < 4.78 is 13.7. The van der Waals surface area contributed by atoms with E-state index < -0.39 is 0 Å². The highest BCUT2D eigenvalue weighted by Crippen LogP contribution is 2.48. The van der Waals surface area contributed by atoms with Crippen LogP contribution in [-0.2, 0) is 4.79 Å². The lowest BCUT2D eigenvalue weighted by molar-refractivity contribution is -0.118. The molecular weight excluding hydrogens is 378 g/mol. The lowest BCUT2D eigenvalue weighted by Gasteiger charge is -2.39. The second-order valence-corrected chi connectivity index (χ2v) is 9.06. The van der Waals surface area contributed by atoms with E-state index in [0.29, 0.717) is 19.6 Å². The number of nitrogens with one attached hydrogen (secondary N) is 1. The number of para-hydroxylation sites is 2. The number of rotatable bonds is 1. The molecular formula is C24H23N3O3. The Morgan fingerprint density at radius 2 is 1.87 bits per heavy atom. The molecule has 0 fully saturated rings. The minimum atomic E-state index is -0.247. The molecule has 3 aliphatic rings. The Kier molecular flexibility index (Phi) is 3.58. The van der Waals surface area contributed by atoms with Gasteiger partial charge in [-0.1, -0.05) is 32.0 Å². The van der Waals surface area contributed by atoms with Crippen LogP contribution >= 0.6 is 0 Å². The number of hydrogen-bond acceptors (Lipinski definition) is 5. The van der Waals surface area contributed by atoms with Crippen LogP contribution in [0.25, 0.3) is 11.0 Å². The van der Waals surface area contributed by atoms with Crippen LogP contribution in [0.2, 0.25) is 0 Å². The maximum atomic E-state index is 13.4. The topological polar surface area (TPSA) is 65.4 Å². The third kappa shape index (κ3) is 2.56. The summed E-state index contributed by atoms with van der Waals surface area (Å²) in [5, 5.41) is 3.49. The Labute approximate surface area is 174 Å². The number of hydrogen-bond donors (Lipinski definition) is 1. The quantitative estimate of drug-likeness (QED) is 0.652. The van der Waals surface area contributed by atoms with E-state index in [9.17, 15) is 4.79 Å². The number of benzene rings is 2. The number of carbonyl (C=O) groups is 1. The van der Waals surface area contributed by atoms with Crippen LogP contribution in [0.4, 0.5) is 5.95 Å². The summed E-state index contributed by atoms with van der Waals surface area (Å²) in [5.74, 6) is 2.45. The summed E-state index contributed by atoms with van der Waals surface area (Å²) in [6.45, 7) is 5.38. The van der Waals surface area contributed by atoms with Gasteiger partial charge in [0.15, 0.2) is 17.3 Å². The van der Waals surface area contributed by atoms with Gasteiger partial charge in [0, 0.05) is 17.7 Å². The largest absolute Gasteiger partial charge is 0.486 e. The van der Waals surface area contributed by atoms with Crippen molar-refractivity contribution in [3.8, 4) is 11.5 Å². The fourth-order valence-corrected chi connectivity index (χ4v) is 4.97. The third-order valence-corrected chi connectivity index (χ3v) is 6.19. The highest BCUT2D eigenvalue weighted by Gasteiger charge is 2.41. The molecule has 1 aromatic heterocycles. The lowest BCUT2D eigenvalue weighted by atomic mass is 9.73. The van der Waals surface area contributed by atoms with Crippen molar-refractivity contribution in [3.63, 3.8) is 0 Å². The van der Waals surface area contributed by atoms with Gasteiger partial charge in [0.05, 0.1) is 17.1 Å². The molecule has 0 radical (unpaired) electrons. The molecule has 2 aromatic carbocycles. The molecule has 0 spiro atoms. The number of nitrogens with zero attached hydrogens (tertiary/aromatic N) is 2. The normalized spacial score (nSPS) is 21.8. The second kappa shape index (κ2) is 6.11. The van der Waals surface area contributed by atoms with Gasteiger partial charge in [-0.2, -0.15) is 0 Å². The minimum absolute atomic E-state index is 0.0749. The monoisotopic (exact) mass is 401 g/mol. The Morgan fingerprint density at radius 1 is 1.07 bits per heavy atom. The smallest absolute Gasteiger partial charge is 0.209 e. The summed E-state index contributed by atoms with van der Waals surface area (Å²) >= 11 is 0. The van der Waals surface area contributed by atoms with Gasteiger partial charge in [-0.05, 0) is 41.7 Å². The average Bonchev–Trinajstić information content (AvgIpc) is 3.09. The average molecular weight is 401 g/mol. The molecule has 1 atom stereocenters. The number of ketones is 1. The van der Waals surface area contributed by atoms with E-state index in [1.165, 1.54) is 0 Å². The first-order chi connectivity index (χ1) is 14.5. The van der Waals surface area contributed by atoms with E-state index in [1.807, 2.05) is 36.4 Å². The second-order valence-electron chi connectivity index (χ2n) is 9.06. The van der Waals surface area contributed by atoms with Crippen molar-refractivity contribution >= 4 is 22.8 Å². The molecule has 6 heteroatoms. The highest BCUT2D eigenvalue weighted by molar-refractivity contribution is 6.01. The SMILES string of the molecule is CC1(C)CC(=O)C2=C(C1)Nc1nc3ccccc3n1C2c1ccc2c(c1)OCCO2. The molecule has 6 rings (SSSR count). The standard InChI is InChI=1S/C24H23N3O3/c1-24(2)12-16-21(18(28)13-24)22(14-7-8-19-20(11-14)30-10-9-29-19)27-17-6-4-3-5-15(17)25-23(27)26-16/h3-8,11,22H,9-10,12-13H2,1-2H3,(H,25,26). The van der Waals surface area contributed by atoms with Gasteiger partial charge in [-0.3, -0.25) is 9.36 Å². The van der Waals surface area contributed by atoms with Crippen molar-refractivity contribution in [3.05, 3.63) is 59.3 Å². The van der Waals surface area contributed by atoms with Crippen molar-refractivity contribution in [2.24, 2.45) is 5.41 Å². The molecule has 3 heterocycles. The predicted octanol–water partition coefficient (Wildman–Crippen LogP) is 4.47. The van der Waals surface area contributed by atoms with E-state index in [2.05, 4.69) is 29.8 Å². The Morgan fingerprint density at radius 3 is 2.73 bits per heavy atom. The van der Waals surface area contributed by atoms with Crippen LogP contribution in [-0.4, -0.2) is 28.5 Å². The fourth-order valence-electron chi connectivity index (χ4n) is 4.97. The van der Waals surface area contributed by atoms with Crippen LogP contribution in [0.3, 0.4) is 0 Å². The van der Waals surface area contributed by atoms with Crippen LogP contribution in [0, 0.1) is 5.41 Å². The predicted molar refractivity (Wildman–Crippen MR) is 114 cm³/mol.